The average Bonchev–Trinajstić information content (AvgIpc) is 3.22. The third-order valence-electron chi connectivity index (χ3n) is 10.7. The number of benzene rings is 10. The highest BCUT2D eigenvalue weighted by molar-refractivity contribution is 6.22. The molecule has 0 N–H and O–H groups in total. The molecule has 0 saturated heterocycles. The molecule has 0 atom stereocenters. The molecule has 10 aromatic carbocycles. The van der Waals surface area contributed by atoms with Gasteiger partial charge in [0.25, 0.3) is 0 Å². The maximum absolute atomic E-state index is 2.43. The summed E-state index contributed by atoms with van der Waals surface area (Å²) in [5.41, 5.74) is 12.4. The van der Waals surface area contributed by atoms with Gasteiger partial charge in [-0.15, -0.1) is 0 Å². The fraction of sp³-hybridized carbons (Fsp3) is 0. The average molecular weight is 659 g/mol. The minimum absolute atomic E-state index is 1.21. The Bertz CT molecular complexity index is 2920. The molecular formula is C52H34. The van der Waals surface area contributed by atoms with Gasteiger partial charge in [0.2, 0.25) is 0 Å². The van der Waals surface area contributed by atoms with Crippen LogP contribution in [-0.2, 0) is 0 Å². The van der Waals surface area contributed by atoms with Crippen molar-refractivity contribution in [1.82, 2.24) is 0 Å². The van der Waals surface area contributed by atoms with Crippen molar-refractivity contribution in [3.63, 3.8) is 0 Å². The Hall–Kier alpha value is -6.76. The summed E-state index contributed by atoms with van der Waals surface area (Å²) >= 11 is 0. The van der Waals surface area contributed by atoms with Crippen molar-refractivity contribution >= 4 is 43.1 Å². The van der Waals surface area contributed by atoms with Gasteiger partial charge in [-0.25, -0.2) is 0 Å². The highest BCUT2D eigenvalue weighted by atomic mass is 14.2. The molecule has 242 valence electrons. The van der Waals surface area contributed by atoms with Gasteiger partial charge < -0.3 is 0 Å². The number of fused-ring (bicyclic) bond motifs is 4. The molecule has 0 amide bonds. The molecule has 0 aromatic heterocycles. The van der Waals surface area contributed by atoms with Gasteiger partial charge >= 0.3 is 0 Å². The van der Waals surface area contributed by atoms with Crippen LogP contribution in [0.3, 0.4) is 0 Å². The van der Waals surface area contributed by atoms with Crippen molar-refractivity contribution in [2.24, 2.45) is 0 Å². The van der Waals surface area contributed by atoms with E-state index in [9.17, 15) is 0 Å². The zero-order chi connectivity index (χ0) is 34.4. The first-order valence-corrected chi connectivity index (χ1v) is 18.0. The Kier molecular flexibility index (Phi) is 7.25. The van der Waals surface area contributed by atoms with Gasteiger partial charge in [-0.3, -0.25) is 0 Å². The quantitative estimate of drug-likeness (QED) is 0.161. The van der Waals surface area contributed by atoms with Crippen LogP contribution in [0.15, 0.2) is 206 Å². The molecule has 0 heterocycles. The molecular weight excluding hydrogens is 625 g/mol. The topological polar surface area (TPSA) is 0 Å². The van der Waals surface area contributed by atoms with E-state index in [1.165, 1.54) is 98.7 Å². The van der Waals surface area contributed by atoms with Gasteiger partial charge in [0.05, 0.1) is 0 Å². The minimum atomic E-state index is 1.21. The zero-order valence-electron chi connectivity index (χ0n) is 28.6. The second kappa shape index (κ2) is 12.5. The van der Waals surface area contributed by atoms with Gasteiger partial charge in [0, 0.05) is 0 Å². The highest BCUT2D eigenvalue weighted by Crippen LogP contribution is 2.46. The van der Waals surface area contributed by atoms with Crippen molar-refractivity contribution in [2.45, 2.75) is 0 Å². The minimum Gasteiger partial charge on any atom is -0.0622 e. The third-order valence-corrected chi connectivity index (χ3v) is 10.7. The fourth-order valence-corrected chi connectivity index (χ4v) is 8.22. The van der Waals surface area contributed by atoms with Crippen molar-refractivity contribution in [2.75, 3.05) is 0 Å². The lowest BCUT2D eigenvalue weighted by Crippen LogP contribution is -1.92. The lowest BCUT2D eigenvalue weighted by Gasteiger charge is -2.20. The van der Waals surface area contributed by atoms with E-state index < -0.39 is 0 Å². The molecule has 0 saturated carbocycles. The van der Waals surface area contributed by atoms with Crippen LogP contribution >= 0.6 is 0 Å². The van der Waals surface area contributed by atoms with E-state index in [0.29, 0.717) is 0 Å². The Morgan fingerprint density at radius 3 is 1.31 bits per heavy atom. The van der Waals surface area contributed by atoms with Crippen LogP contribution < -0.4 is 0 Å². The first-order chi connectivity index (χ1) is 25.8. The van der Waals surface area contributed by atoms with E-state index in [1.54, 1.807) is 0 Å². The molecule has 0 aliphatic carbocycles. The van der Waals surface area contributed by atoms with Crippen LogP contribution in [0.25, 0.3) is 98.7 Å². The lowest BCUT2D eigenvalue weighted by molar-refractivity contribution is 1.60. The van der Waals surface area contributed by atoms with Gasteiger partial charge in [0.1, 0.15) is 0 Å². The largest absolute Gasteiger partial charge is 0.0622 e. The second-order valence-corrected chi connectivity index (χ2v) is 13.6. The highest BCUT2D eigenvalue weighted by Gasteiger charge is 2.19. The number of hydrogen-bond acceptors (Lipinski definition) is 0. The third kappa shape index (κ3) is 5.08. The maximum atomic E-state index is 2.43. The SMILES string of the molecule is c1ccc(-c2cccc(-c3c4ccccc4c(-c4ccc(-c5cccc6ccccc56)cc4)c4cc(-c5cccc6ccccc56)ccc34)c2)cc1. The van der Waals surface area contributed by atoms with Crippen molar-refractivity contribution < 1.29 is 0 Å². The van der Waals surface area contributed by atoms with Gasteiger partial charge in [-0.2, -0.15) is 0 Å². The molecule has 0 aliphatic rings. The van der Waals surface area contributed by atoms with Gasteiger partial charge in [-0.05, 0) is 111 Å². The lowest BCUT2D eigenvalue weighted by atomic mass is 9.84. The summed E-state index contributed by atoms with van der Waals surface area (Å²) in [4.78, 5) is 0. The van der Waals surface area contributed by atoms with Crippen molar-refractivity contribution in [3.8, 4) is 55.6 Å². The predicted octanol–water partition coefficient (Wildman–Crippen LogP) is 14.6. The van der Waals surface area contributed by atoms with E-state index in [-0.39, 0.29) is 0 Å². The van der Waals surface area contributed by atoms with Crippen LogP contribution in [0.2, 0.25) is 0 Å². The smallest absolute Gasteiger partial charge is 0.00261 e. The number of hydrogen-bond donors (Lipinski definition) is 0. The molecule has 0 spiro atoms. The summed E-state index contributed by atoms with van der Waals surface area (Å²) in [6.07, 6.45) is 0. The molecule has 0 radical (unpaired) electrons. The van der Waals surface area contributed by atoms with E-state index >= 15 is 0 Å². The molecule has 0 bridgehead atoms. The van der Waals surface area contributed by atoms with Crippen molar-refractivity contribution in [3.05, 3.63) is 206 Å². The fourth-order valence-electron chi connectivity index (χ4n) is 8.22. The maximum Gasteiger partial charge on any atom is -0.00261 e. The summed E-state index contributed by atoms with van der Waals surface area (Å²) in [6.45, 7) is 0. The summed E-state index contributed by atoms with van der Waals surface area (Å²) in [5.74, 6) is 0. The Morgan fingerprint density at radius 2 is 0.635 bits per heavy atom. The zero-order valence-corrected chi connectivity index (χ0v) is 28.6. The van der Waals surface area contributed by atoms with E-state index in [4.69, 9.17) is 0 Å². The number of rotatable bonds is 5. The molecule has 0 unspecified atom stereocenters. The van der Waals surface area contributed by atoms with Crippen LogP contribution in [0.5, 0.6) is 0 Å². The molecule has 0 aliphatic heterocycles. The molecule has 52 heavy (non-hydrogen) atoms. The van der Waals surface area contributed by atoms with E-state index in [2.05, 4.69) is 206 Å². The molecule has 0 heteroatoms. The summed E-state index contributed by atoms with van der Waals surface area (Å²) < 4.78 is 0. The Labute approximate surface area is 303 Å². The van der Waals surface area contributed by atoms with Crippen LogP contribution in [0.4, 0.5) is 0 Å². The van der Waals surface area contributed by atoms with Crippen molar-refractivity contribution in [1.29, 1.82) is 0 Å². The summed E-state index contributed by atoms with van der Waals surface area (Å²) in [7, 11) is 0. The molecule has 0 fully saturated rings. The molecule has 0 nitrogen and oxygen atoms in total. The predicted molar refractivity (Wildman–Crippen MR) is 224 cm³/mol. The monoisotopic (exact) mass is 658 g/mol. The normalized spacial score (nSPS) is 11.5. The standard InChI is InChI=1S/C52H34/c1-2-13-35(14-3-1)40-19-10-20-42(33-40)52-48-24-9-8-23-47(48)51(39-29-27-38(28-30-39)45-25-11-17-36-15-4-6-21-43(36)45)50-34-41(31-32-49(50)52)46-26-12-18-37-16-5-7-22-44(37)46/h1-34H. The second-order valence-electron chi connectivity index (χ2n) is 13.6. The molecule has 10 rings (SSSR count). The van der Waals surface area contributed by atoms with Crippen LogP contribution in [0.1, 0.15) is 0 Å². The first kappa shape index (κ1) is 30.1. The van der Waals surface area contributed by atoms with Gasteiger partial charge in [0.15, 0.2) is 0 Å². The van der Waals surface area contributed by atoms with E-state index in [1.807, 2.05) is 0 Å². The molecule has 10 aromatic rings. The Balaban J connectivity index is 1.24. The summed E-state index contributed by atoms with van der Waals surface area (Å²) in [5, 5.41) is 10.1. The first-order valence-electron chi connectivity index (χ1n) is 18.0. The summed E-state index contributed by atoms with van der Waals surface area (Å²) in [6, 6.07) is 75.6. The van der Waals surface area contributed by atoms with Crippen LogP contribution in [-0.4, -0.2) is 0 Å². The van der Waals surface area contributed by atoms with E-state index in [0.717, 1.165) is 0 Å². The Morgan fingerprint density at radius 1 is 0.192 bits per heavy atom. The van der Waals surface area contributed by atoms with Crippen LogP contribution in [0, 0.1) is 0 Å². The van der Waals surface area contributed by atoms with Gasteiger partial charge in [-0.1, -0.05) is 194 Å².